The number of hydrogen-bond acceptors (Lipinski definition) is 3. The van der Waals surface area contributed by atoms with Crippen molar-refractivity contribution in [3.8, 4) is 0 Å². The van der Waals surface area contributed by atoms with Crippen molar-refractivity contribution in [2.24, 2.45) is 5.92 Å². The molecular weight excluding hydrogens is 284 g/mol. The van der Waals surface area contributed by atoms with Gasteiger partial charge in [0.25, 0.3) is 0 Å². The van der Waals surface area contributed by atoms with Gasteiger partial charge >= 0.3 is 0 Å². The van der Waals surface area contributed by atoms with Crippen LogP contribution < -0.4 is 0 Å². The van der Waals surface area contributed by atoms with E-state index in [0.29, 0.717) is 10.4 Å². The molecule has 1 aromatic rings. The van der Waals surface area contributed by atoms with Crippen LogP contribution in [-0.4, -0.2) is 16.1 Å². The summed E-state index contributed by atoms with van der Waals surface area (Å²) in [5, 5.41) is 0.612. The maximum Gasteiger partial charge on any atom is 0.192 e. The summed E-state index contributed by atoms with van der Waals surface area (Å²) < 4.78 is 0. The van der Waals surface area contributed by atoms with Crippen LogP contribution in [0.15, 0.2) is 29.2 Å². The van der Waals surface area contributed by atoms with Crippen LogP contribution in [-0.2, 0) is 10.2 Å². The van der Waals surface area contributed by atoms with Crippen molar-refractivity contribution in [3.05, 3.63) is 29.8 Å². The van der Waals surface area contributed by atoms with Crippen molar-refractivity contribution in [1.29, 1.82) is 0 Å². The Morgan fingerprint density at radius 1 is 1.15 bits per heavy atom. The van der Waals surface area contributed by atoms with E-state index in [1.54, 1.807) is 11.8 Å². The lowest BCUT2D eigenvalue weighted by atomic mass is 9.87. The van der Waals surface area contributed by atoms with Gasteiger partial charge in [-0.05, 0) is 28.9 Å². The third-order valence-electron chi connectivity index (χ3n) is 3.40. The van der Waals surface area contributed by atoms with Crippen molar-refractivity contribution in [2.45, 2.75) is 57.1 Å². The minimum absolute atomic E-state index is 0.0900. The first-order valence-corrected chi connectivity index (χ1v) is 9.06. The van der Waals surface area contributed by atoms with Gasteiger partial charge in [-0.2, -0.15) is 0 Å². The first-order valence-electron chi connectivity index (χ1n) is 7.19. The van der Waals surface area contributed by atoms with E-state index in [-0.39, 0.29) is 11.3 Å². The summed E-state index contributed by atoms with van der Waals surface area (Å²) in [6, 6.07) is 8.74. The van der Waals surface area contributed by atoms with E-state index in [9.17, 15) is 4.79 Å². The molecule has 0 heterocycles. The van der Waals surface area contributed by atoms with Gasteiger partial charge in [-0.3, -0.25) is 4.79 Å². The third kappa shape index (κ3) is 5.17. The van der Waals surface area contributed by atoms with Gasteiger partial charge in [0.05, 0.1) is 0 Å². The second kappa shape index (κ2) is 7.56. The molecule has 1 aromatic carbocycles. The molecule has 0 spiro atoms. The summed E-state index contributed by atoms with van der Waals surface area (Å²) in [6.07, 6.45) is 0. The molecular formula is C17H26OS2. The molecule has 3 heteroatoms. The minimum atomic E-state index is 0.0900. The summed E-state index contributed by atoms with van der Waals surface area (Å²) in [4.78, 5) is 13.2. The summed E-state index contributed by atoms with van der Waals surface area (Å²) in [5.41, 5.74) is 1.54. The highest BCUT2D eigenvalue weighted by Crippen LogP contribution is 2.32. The molecule has 0 fully saturated rings. The van der Waals surface area contributed by atoms with E-state index < -0.39 is 0 Å². The molecule has 112 valence electrons. The van der Waals surface area contributed by atoms with Crippen molar-refractivity contribution in [2.75, 3.05) is 5.75 Å². The van der Waals surface area contributed by atoms with E-state index in [0.717, 1.165) is 5.75 Å². The molecule has 1 unspecified atom stereocenters. The van der Waals surface area contributed by atoms with Crippen LogP contribution in [0.2, 0.25) is 0 Å². The van der Waals surface area contributed by atoms with E-state index in [1.165, 1.54) is 22.2 Å². The molecule has 0 radical (unpaired) electrons. The molecule has 0 N–H and O–H groups in total. The maximum atomic E-state index is 11.9. The van der Waals surface area contributed by atoms with Gasteiger partial charge in [0.1, 0.15) is 0 Å². The largest absolute Gasteiger partial charge is 0.287 e. The first-order chi connectivity index (χ1) is 9.25. The van der Waals surface area contributed by atoms with Crippen molar-refractivity contribution >= 4 is 28.6 Å². The van der Waals surface area contributed by atoms with E-state index >= 15 is 0 Å². The smallest absolute Gasteiger partial charge is 0.192 e. The maximum absolute atomic E-state index is 11.9. The number of carbonyl (C=O) groups is 1. The van der Waals surface area contributed by atoms with E-state index in [2.05, 4.69) is 52.0 Å². The molecule has 0 aliphatic carbocycles. The number of thioether (sulfide) groups is 2. The van der Waals surface area contributed by atoms with Crippen molar-refractivity contribution in [3.63, 3.8) is 0 Å². The zero-order valence-corrected chi connectivity index (χ0v) is 15.0. The average Bonchev–Trinajstić information content (AvgIpc) is 2.37. The molecule has 20 heavy (non-hydrogen) atoms. The SMILES string of the molecule is CCSC(=O)[C@H](C)C(C)Sc1ccc(C(C)(C)C)cc1. The van der Waals surface area contributed by atoms with E-state index in [4.69, 9.17) is 0 Å². The van der Waals surface area contributed by atoms with Crippen LogP contribution >= 0.6 is 23.5 Å². The standard InChI is InChI=1S/C17H26OS2/c1-7-19-16(18)12(2)13(3)20-15-10-8-14(9-11-15)17(4,5)6/h8-13H,7H2,1-6H3/t12-,13?/m1/s1. The predicted octanol–water partition coefficient (Wildman–Crippen LogP) is 5.38. The predicted molar refractivity (Wildman–Crippen MR) is 92.8 cm³/mol. The lowest BCUT2D eigenvalue weighted by Crippen LogP contribution is -2.18. The number of benzene rings is 1. The topological polar surface area (TPSA) is 17.1 Å². The van der Waals surface area contributed by atoms with Crippen molar-refractivity contribution < 1.29 is 4.79 Å². The summed E-state index contributed by atoms with van der Waals surface area (Å²) in [5.74, 6) is 0.952. The molecule has 1 nitrogen and oxygen atoms in total. The Hall–Kier alpha value is -0.410. The van der Waals surface area contributed by atoms with Gasteiger partial charge < -0.3 is 0 Å². The average molecular weight is 311 g/mol. The summed E-state index contributed by atoms with van der Waals surface area (Å²) in [7, 11) is 0. The highest BCUT2D eigenvalue weighted by molar-refractivity contribution is 8.13. The molecule has 0 aliphatic rings. The first kappa shape index (κ1) is 17.6. The van der Waals surface area contributed by atoms with Crippen LogP contribution in [0.5, 0.6) is 0 Å². The second-order valence-electron chi connectivity index (χ2n) is 6.14. The number of rotatable bonds is 5. The monoisotopic (exact) mass is 310 g/mol. The van der Waals surface area contributed by atoms with Crippen LogP contribution in [0.4, 0.5) is 0 Å². The second-order valence-corrected chi connectivity index (χ2v) is 8.86. The van der Waals surface area contributed by atoms with E-state index in [1.807, 2.05) is 13.8 Å². The molecule has 0 saturated heterocycles. The van der Waals surface area contributed by atoms with Gasteiger partial charge in [-0.15, -0.1) is 11.8 Å². The van der Waals surface area contributed by atoms with Gasteiger partial charge in [0.15, 0.2) is 5.12 Å². The zero-order valence-electron chi connectivity index (χ0n) is 13.4. The van der Waals surface area contributed by atoms with Crippen LogP contribution in [0, 0.1) is 5.92 Å². The van der Waals surface area contributed by atoms with Gasteiger partial charge in [0, 0.05) is 16.1 Å². The lowest BCUT2D eigenvalue weighted by molar-refractivity contribution is -0.113. The molecule has 0 bridgehead atoms. The fourth-order valence-electron chi connectivity index (χ4n) is 1.82. The highest BCUT2D eigenvalue weighted by Gasteiger charge is 2.21. The van der Waals surface area contributed by atoms with Crippen LogP contribution in [0.1, 0.15) is 47.1 Å². The Balaban J connectivity index is 2.67. The number of carbonyl (C=O) groups excluding carboxylic acids is 1. The molecule has 0 aliphatic heterocycles. The number of hydrogen-bond donors (Lipinski definition) is 0. The fraction of sp³-hybridized carbons (Fsp3) is 0.588. The Kier molecular flexibility index (Phi) is 6.67. The highest BCUT2D eigenvalue weighted by atomic mass is 32.2. The molecule has 0 amide bonds. The van der Waals surface area contributed by atoms with Gasteiger partial charge in [-0.25, -0.2) is 0 Å². The Labute approximate surface area is 132 Å². The van der Waals surface area contributed by atoms with Gasteiger partial charge in [-0.1, -0.05) is 65.4 Å². The molecule has 2 atom stereocenters. The summed E-state index contributed by atoms with van der Waals surface area (Å²) in [6.45, 7) is 12.9. The Bertz CT molecular complexity index is 431. The normalized spacial score (nSPS) is 14.9. The molecule has 0 saturated carbocycles. The van der Waals surface area contributed by atoms with Gasteiger partial charge in [0.2, 0.25) is 0 Å². The Morgan fingerprint density at radius 2 is 1.70 bits per heavy atom. The van der Waals surface area contributed by atoms with Crippen LogP contribution in [0.3, 0.4) is 0 Å². The minimum Gasteiger partial charge on any atom is -0.287 e. The zero-order chi connectivity index (χ0) is 15.3. The lowest BCUT2D eigenvalue weighted by Gasteiger charge is -2.21. The van der Waals surface area contributed by atoms with Crippen molar-refractivity contribution in [1.82, 2.24) is 0 Å². The molecule has 1 rings (SSSR count). The molecule has 0 aromatic heterocycles. The third-order valence-corrected chi connectivity index (χ3v) is 5.67. The van der Waals surface area contributed by atoms with Crippen LogP contribution in [0.25, 0.3) is 0 Å². The Morgan fingerprint density at radius 3 is 2.15 bits per heavy atom. The summed E-state index contributed by atoms with van der Waals surface area (Å²) >= 11 is 3.22. The fourth-order valence-corrected chi connectivity index (χ4v) is 3.70. The quantitative estimate of drug-likeness (QED) is 0.680.